The van der Waals surface area contributed by atoms with Gasteiger partial charge in [-0.25, -0.2) is 0 Å². The maximum atomic E-state index is 11.7. The fourth-order valence-corrected chi connectivity index (χ4v) is 4.77. The number of nitrogens with zero attached hydrogens (tertiary/aromatic N) is 1. The monoisotopic (exact) mass is 245 g/mol. The smallest absolute Gasteiger partial charge is 0.358 e. The zero-order chi connectivity index (χ0) is 12.2. The van der Waals surface area contributed by atoms with E-state index in [0.29, 0.717) is 19.6 Å². The number of likely N-dealkylation sites (tertiary alicyclic amines) is 1. The summed E-state index contributed by atoms with van der Waals surface area (Å²) >= 11 is 0. The number of carbonyl (C=O) groups excluding carboxylic acids is 1. The topological polar surface area (TPSA) is 38.8 Å². The Morgan fingerprint density at radius 3 is 2.31 bits per heavy atom. The molecule has 94 valence electrons. The van der Waals surface area contributed by atoms with E-state index in [9.17, 15) is 4.79 Å². The second-order valence-electron chi connectivity index (χ2n) is 4.25. The molecule has 1 aliphatic rings. The number of carbonyl (C=O) groups is 1. The molecule has 1 fully saturated rings. The first-order valence-corrected chi connectivity index (χ1v) is 8.52. The van der Waals surface area contributed by atoms with Crippen molar-refractivity contribution in [2.24, 2.45) is 0 Å². The van der Waals surface area contributed by atoms with Gasteiger partial charge in [-0.3, -0.25) is 4.79 Å². The summed E-state index contributed by atoms with van der Waals surface area (Å²) in [6.07, 6.45) is 1.64. The van der Waals surface area contributed by atoms with Crippen LogP contribution in [0.5, 0.6) is 0 Å². The molecule has 0 aromatic rings. The van der Waals surface area contributed by atoms with Gasteiger partial charge in [0, 0.05) is 26.2 Å². The summed E-state index contributed by atoms with van der Waals surface area (Å²) in [6, 6.07) is 0. The highest BCUT2D eigenvalue weighted by Gasteiger charge is 2.44. The lowest BCUT2D eigenvalue weighted by molar-refractivity contribution is -0.128. The predicted octanol–water partition coefficient (Wildman–Crippen LogP) is 1.68. The third kappa shape index (κ3) is 2.84. The van der Waals surface area contributed by atoms with Crippen molar-refractivity contribution in [3.8, 4) is 0 Å². The second kappa shape index (κ2) is 5.79. The normalized spacial score (nSPS) is 19.2. The number of rotatable bonds is 6. The minimum atomic E-state index is -2.25. The molecule has 1 heterocycles. The molecule has 1 aliphatic heterocycles. The molecule has 0 spiro atoms. The Hall–Kier alpha value is -0.393. The van der Waals surface area contributed by atoms with Gasteiger partial charge in [0.15, 0.2) is 0 Å². The molecular formula is C11H23NO3Si. The van der Waals surface area contributed by atoms with Crippen LogP contribution in [0.3, 0.4) is 0 Å². The summed E-state index contributed by atoms with van der Waals surface area (Å²) in [7, 11) is -2.25. The average Bonchev–Trinajstić information content (AvgIpc) is 2.64. The predicted molar refractivity (Wildman–Crippen MR) is 65.3 cm³/mol. The first-order chi connectivity index (χ1) is 7.55. The largest absolute Gasteiger partial charge is 0.394 e. The Balaban J connectivity index is 2.72. The molecule has 1 atom stereocenters. The maximum Gasteiger partial charge on any atom is 0.358 e. The van der Waals surface area contributed by atoms with E-state index in [1.54, 1.807) is 0 Å². The lowest BCUT2D eigenvalue weighted by Gasteiger charge is -2.37. The van der Waals surface area contributed by atoms with E-state index in [1.165, 1.54) is 0 Å². The highest BCUT2D eigenvalue weighted by atomic mass is 28.4. The van der Waals surface area contributed by atoms with Gasteiger partial charge in [0.2, 0.25) is 5.91 Å². The van der Waals surface area contributed by atoms with Gasteiger partial charge in [-0.05, 0) is 33.7 Å². The van der Waals surface area contributed by atoms with Crippen molar-refractivity contribution >= 4 is 14.5 Å². The SMILES string of the molecule is CCO[Si](C)(OCC)C(C)N1CCCC1=O. The lowest BCUT2D eigenvalue weighted by Crippen LogP contribution is -2.57. The van der Waals surface area contributed by atoms with Crippen LogP contribution in [-0.4, -0.2) is 44.8 Å². The van der Waals surface area contributed by atoms with E-state index in [4.69, 9.17) is 8.85 Å². The summed E-state index contributed by atoms with van der Waals surface area (Å²) in [5, 5.41) is 0. The van der Waals surface area contributed by atoms with Crippen LogP contribution in [-0.2, 0) is 13.6 Å². The number of hydrogen-bond donors (Lipinski definition) is 0. The molecule has 0 radical (unpaired) electrons. The van der Waals surface area contributed by atoms with Gasteiger partial charge < -0.3 is 13.8 Å². The van der Waals surface area contributed by atoms with Crippen molar-refractivity contribution in [3.05, 3.63) is 0 Å². The highest BCUT2D eigenvalue weighted by Crippen LogP contribution is 2.22. The first-order valence-electron chi connectivity index (χ1n) is 6.12. The molecule has 16 heavy (non-hydrogen) atoms. The van der Waals surface area contributed by atoms with Crippen molar-refractivity contribution in [1.29, 1.82) is 0 Å². The van der Waals surface area contributed by atoms with E-state index >= 15 is 0 Å². The van der Waals surface area contributed by atoms with E-state index in [1.807, 2.05) is 18.7 Å². The Morgan fingerprint density at radius 1 is 1.38 bits per heavy atom. The molecule has 0 aromatic carbocycles. The molecule has 5 heteroatoms. The maximum absolute atomic E-state index is 11.7. The quantitative estimate of drug-likeness (QED) is 0.668. The van der Waals surface area contributed by atoms with Crippen molar-refractivity contribution in [3.63, 3.8) is 0 Å². The molecule has 0 N–H and O–H groups in total. The Kier molecular flexibility index (Phi) is 4.95. The summed E-state index contributed by atoms with van der Waals surface area (Å²) < 4.78 is 11.6. The fraction of sp³-hybridized carbons (Fsp3) is 0.909. The van der Waals surface area contributed by atoms with Crippen molar-refractivity contribution in [1.82, 2.24) is 4.90 Å². The second-order valence-corrected chi connectivity index (χ2v) is 7.69. The fourth-order valence-electron chi connectivity index (χ4n) is 2.22. The molecule has 1 saturated heterocycles. The Labute approximate surface area is 99.2 Å². The minimum Gasteiger partial charge on any atom is -0.394 e. The number of amides is 1. The number of hydrogen-bond acceptors (Lipinski definition) is 3. The summed E-state index contributed by atoms with van der Waals surface area (Å²) in [4.78, 5) is 13.6. The van der Waals surface area contributed by atoms with Crippen LogP contribution in [0.2, 0.25) is 6.55 Å². The van der Waals surface area contributed by atoms with Crippen LogP contribution < -0.4 is 0 Å². The van der Waals surface area contributed by atoms with Crippen molar-refractivity contribution in [2.75, 3.05) is 19.8 Å². The molecule has 1 unspecified atom stereocenters. The zero-order valence-corrected chi connectivity index (χ0v) is 11.8. The summed E-state index contributed by atoms with van der Waals surface area (Å²) in [5.41, 5.74) is 0.0994. The molecule has 1 amide bonds. The average molecular weight is 245 g/mol. The van der Waals surface area contributed by atoms with Gasteiger partial charge in [-0.1, -0.05) is 0 Å². The lowest BCUT2D eigenvalue weighted by atomic mass is 10.4. The molecular weight excluding hydrogens is 222 g/mol. The van der Waals surface area contributed by atoms with Gasteiger partial charge in [-0.15, -0.1) is 0 Å². The van der Waals surface area contributed by atoms with Gasteiger partial charge in [-0.2, -0.15) is 0 Å². The van der Waals surface area contributed by atoms with Gasteiger partial charge in [0.05, 0.1) is 5.67 Å². The van der Waals surface area contributed by atoms with Crippen LogP contribution in [0.15, 0.2) is 0 Å². The van der Waals surface area contributed by atoms with Crippen LogP contribution in [0.1, 0.15) is 33.6 Å². The summed E-state index contributed by atoms with van der Waals surface area (Å²) in [6.45, 7) is 10.2. The summed E-state index contributed by atoms with van der Waals surface area (Å²) in [5.74, 6) is 0.241. The van der Waals surface area contributed by atoms with Gasteiger partial charge >= 0.3 is 8.56 Å². The van der Waals surface area contributed by atoms with Gasteiger partial charge in [0.25, 0.3) is 0 Å². The highest BCUT2D eigenvalue weighted by molar-refractivity contribution is 6.67. The molecule has 1 rings (SSSR count). The first kappa shape index (κ1) is 13.7. The minimum absolute atomic E-state index is 0.0994. The standard InChI is InChI=1S/C11H23NO3Si/c1-5-14-16(4,15-6-2)10(3)12-9-7-8-11(12)13/h10H,5-9H2,1-4H3. The van der Waals surface area contributed by atoms with E-state index in [-0.39, 0.29) is 11.6 Å². The Bertz CT molecular complexity index is 241. The third-order valence-corrected chi connectivity index (χ3v) is 6.75. The van der Waals surface area contributed by atoms with Crippen molar-refractivity contribution in [2.45, 2.75) is 45.8 Å². The van der Waals surface area contributed by atoms with E-state index in [2.05, 4.69) is 13.5 Å². The Morgan fingerprint density at radius 2 is 1.94 bits per heavy atom. The van der Waals surface area contributed by atoms with E-state index < -0.39 is 8.56 Å². The van der Waals surface area contributed by atoms with Gasteiger partial charge in [0.1, 0.15) is 0 Å². The third-order valence-electron chi connectivity index (χ3n) is 3.20. The zero-order valence-electron chi connectivity index (χ0n) is 10.8. The van der Waals surface area contributed by atoms with Crippen LogP contribution in [0.4, 0.5) is 0 Å². The molecule has 4 nitrogen and oxygen atoms in total. The molecule has 0 saturated carbocycles. The van der Waals surface area contributed by atoms with E-state index in [0.717, 1.165) is 13.0 Å². The van der Waals surface area contributed by atoms with Crippen LogP contribution in [0.25, 0.3) is 0 Å². The molecule has 0 aliphatic carbocycles. The van der Waals surface area contributed by atoms with Crippen LogP contribution in [0, 0.1) is 0 Å². The van der Waals surface area contributed by atoms with Crippen molar-refractivity contribution < 1.29 is 13.6 Å². The molecule has 0 bridgehead atoms. The molecule has 0 aromatic heterocycles. The van der Waals surface area contributed by atoms with Crippen LogP contribution >= 0.6 is 0 Å².